The molecule has 0 unspecified atom stereocenters. The van der Waals surface area contributed by atoms with E-state index in [0.29, 0.717) is 17.5 Å². The molecule has 1 N–H and O–H groups in total. The number of ether oxygens (including phenoxy) is 3. The molecule has 33 heavy (non-hydrogen) atoms. The molecule has 0 aromatic heterocycles. The predicted octanol–water partition coefficient (Wildman–Crippen LogP) is -0.585. The monoisotopic (exact) mass is 505 g/mol. The predicted molar refractivity (Wildman–Crippen MR) is 112 cm³/mol. The van der Waals surface area contributed by atoms with Crippen LogP contribution in [0.2, 0.25) is 0 Å². The number of hydrogen-bond acceptors (Lipinski definition) is 9. The summed E-state index contributed by atoms with van der Waals surface area (Å²) in [7, 11) is -2.96. The number of nitrogens with zero attached hydrogens (tertiary/aromatic N) is 1. The van der Waals surface area contributed by atoms with Gasteiger partial charge in [0.1, 0.15) is 6.10 Å². The molecule has 12 heteroatoms. The number of esters is 2. The third-order valence-corrected chi connectivity index (χ3v) is 6.67. The number of piperidine rings is 1. The van der Waals surface area contributed by atoms with Gasteiger partial charge in [0.2, 0.25) is 0 Å². The Morgan fingerprint density at radius 1 is 1.24 bits per heavy atom. The van der Waals surface area contributed by atoms with Crippen LogP contribution in [0.1, 0.15) is 31.4 Å². The molecule has 2 aliphatic heterocycles. The van der Waals surface area contributed by atoms with Crippen molar-refractivity contribution in [2.45, 2.75) is 50.4 Å². The largest absolute Gasteiger partial charge is 2.00 e. The fraction of sp³-hybridized carbons (Fsp3) is 0.524. The van der Waals surface area contributed by atoms with Gasteiger partial charge in [0.25, 0.3) is 0 Å². The van der Waals surface area contributed by atoms with Crippen LogP contribution in [0.15, 0.2) is 24.3 Å². The number of carbonyl (C=O) groups excluding carboxylic acids is 2. The van der Waals surface area contributed by atoms with Crippen molar-refractivity contribution in [2.75, 3.05) is 13.6 Å². The van der Waals surface area contributed by atoms with E-state index < -0.39 is 13.9 Å². The van der Waals surface area contributed by atoms with Crippen LogP contribution in [0.5, 0.6) is 11.5 Å². The molecule has 5 atom stereocenters. The molecule has 1 saturated heterocycles. The summed E-state index contributed by atoms with van der Waals surface area (Å²) in [6.07, 6.45) is 5.31. The zero-order valence-corrected chi connectivity index (χ0v) is 21.7. The first-order valence-corrected chi connectivity index (χ1v) is 11.7. The molecule has 2 aliphatic carbocycles. The molecule has 0 amide bonds. The first-order chi connectivity index (χ1) is 14.9. The molecule has 1 aromatic rings. The third-order valence-electron chi connectivity index (χ3n) is 6.67. The van der Waals surface area contributed by atoms with Crippen molar-refractivity contribution in [1.82, 2.24) is 4.90 Å². The van der Waals surface area contributed by atoms with Gasteiger partial charge in [-0.3, -0.25) is 9.59 Å². The number of phosphoric acid groups is 1. The Hall–Kier alpha value is -0.970. The first-order valence-electron chi connectivity index (χ1n) is 10.2. The zero-order valence-electron chi connectivity index (χ0n) is 18.6. The smallest absolute Gasteiger partial charge is 0.790 e. The van der Waals surface area contributed by atoms with Crippen LogP contribution in [-0.2, 0) is 30.7 Å². The molecule has 174 valence electrons. The average Bonchev–Trinajstić information content (AvgIpc) is 3.00. The van der Waals surface area contributed by atoms with Gasteiger partial charge in [-0.1, -0.05) is 12.1 Å². The van der Waals surface area contributed by atoms with Crippen molar-refractivity contribution in [3.63, 3.8) is 0 Å². The second kappa shape index (κ2) is 9.59. The minimum Gasteiger partial charge on any atom is -0.790 e. The van der Waals surface area contributed by atoms with Crippen LogP contribution in [0.4, 0.5) is 0 Å². The van der Waals surface area contributed by atoms with Crippen LogP contribution >= 0.6 is 7.82 Å². The van der Waals surface area contributed by atoms with Gasteiger partial charge < -0.3 is 38.4 Å². The Balaban J connectivity index is 0.000000465. The van der Waals surface area contributed by atoms with Crippen LogP contribution < -0.4 is 19.3 Å². The van der Waals surface area contributed by atoms with Crippen molar-refractivity contribution < 1.29 is 43.0 Å². The average molecular weight is 505 g/mol. The van der Waals surface area contributed by atoms with Gasteiger partial charge in [-0.2, -0.15) is 0 Å². The number of carbonyl (C=O) groups is 2. The summed E-state index contributed by atoms with van der Waals surface area (Å²) in [5.74, 6) is 0.712. The zero-order chi connectivity index (χ0) is 23.4. The Labute approximate surface area is 221 Å². The van der Waals surface area contributed by atoms with Crippen LogP contribution in [0.25, 0.3) is 0 Å². The Kier molecular flexibility index (Phi) is 7.74. The van der Waals surface area contributed by atoms with Crippen LogP contribution in [0, 0.1) is 5.92 Å². The molecule has 2 heterocycles. The minimum atomic E-state index is -5.14. The van der Waals surface area contributed by atoms with Crippen molar-refractivity contribution in [2.24, 2.45) is 5.92 Å². The number of hydrogen-bond donors (Lipinski definition) is 1. The maximum Gasteiger partial charge on any atom is 2.00 e. The molecule has 2 bridgehead atoms. The number of benzene rings is 1. The Morgan fingerprint density at radius 3 is 2.52 bits per heavy atom. The van der Waals surface area contributed by atoms with Gasteiger partial charge in [0, 0.05) is 36.8 Å². The maximum atomic E-state index is 11.7. The number of likely N-dealkylation sites (tertiary alicyclic amines) is 1. The normalized spacial score (nSPS) is 30.6. The van der Waals surface area contributed by atoms with Gasteiger partial charge in [-0.05, 0) is 44.1 Å². The van der Waals surface area contributed by atoms with Crippen molar-refractivity contribution in [3.8, 4) is 11.5 Å². The van der Waals surface area contributed by atoms with E-state index in [2.05, 4.69) is 24.1 Å². The van der Waals surface area contributed by atoms with E-state index >= 15 is 0 Å². The van der Waals surface area contributed by atoms with E-state index in [1.54, 1.807) is 0 Å². The molecule has 0 saturated carbocycles. The molecule has 1 aromatic carbocycles. The van der Waals surface area contributed by atoms with E-state index in [4.69, 9.17) is 33.5 Å². The Bertz CT molecular complexity index is 1030. The molecule has 4 aliphatic rings. The summed E-state index contributed by atoms with van der Waals surface area (Å²) in [5, 5.41) is 0. The topological polar surface area (TPSA) is 148 Å². The summed E-state index contributed by atoms with van der Waals surface area (Å²) >= 11 is 0. The van der Waals surface area contributed by atoms with Gasteiger partial charge in [-0.15, -0.1) is 0 Å². The summed E-state index contributed by atoms with van der Waals surface area (Å²) < 4.78 is 26.2. The summed E-state index contributed by atoms with van der Waals surface area (Å²) in [5.41, 5.74) is 2.15. The molecule has 10 nitrogen and oxygen atoms in total. The van der Waals surface area contributed by atoms with E-state index in [1.165, 1.54) is 19.4 Å². The van der Waals surface area contributed by atoms with Gasteiger partial charge >= 0.3 is 49.7 Å². The van der Waals surface area contributed by atoms with Crippen molar-refractivity contribution in [1.29, 1.82) is 0 Å². The number of rotatable bonds is 2. The van der Waals surface area contributed by atoms with Gasteiger partial charge in [0.15, 0.2) is 17.6 Å². The third kappa shape index (κ3) is 4.90. The second-order valence-corrected chi connectivity index (χ2v) is 9.49. The summed E-state index contributed by atoms with van der Waals surface area (Å²) in [6, 6.07) is 4.28. The quantitative estimate of drug-likeness (QED) is 0.182. The minimum absolute atomic E-state index is 0. The number of likely N-dealkylation sites (N-methyl/N-ethyl adjacent to an activating group) is 1. The van der Waals surface area contributed by atoms with E-state index in [9.17, 15) is 9.59 Å². The fourth-order valence-electron chi connectivity index (χ4n) is 5.74. The first kappa shape index (κ1) is 26.6. The van der Waals surface area contributed by atoms with Crippen molar-refractivity contribution in [3.05, 3.63) is 35.4 Å². The molecule has 5 rings (SSSR count). The van der Waals surface area contributed by atoms with E-state index in [-0.39, 0.29) is 67.1 Å². The van der Waals surface area contributed by atoms with Crippen molar-refractivity contribution >= 4 is 57.5 Å². The van der Waals surface area contributed by atoms with Crippen LogP contribution in [-0.4, -0.2) is 91.3 Å². The molecular formula is C21H24CaNO9P. The SMILES string of the molecule is CC(=O)Oc1ccc2c3c1O[C@H]1[C@@H](OC(C)=O)C=C[C@H]4[C@@H](C2)N(C)CC[C@@]341.O=P([O-])([O-])O.[Ca+2]. The van der Waals surface area contributed by atoms with Gasteiger partial charge in [0.05, 0.1) is 7.82 Å². The van der Waals surface area contributed by atoms with E-state index in [0.717, 1.165) is 24.9 Å². The standard InChI is InChI=1S/C21H23NO5.Ca.H3O4P/c1-11(23)25-16-6-4-13-10-15-14-5-7-17(26-12(2)24)20-21(14,8-9-22(15)3)18(13)19(16)27-20;;1-5(2,3)4/h4-7,14-15,17,20H,8-10H2,1-3H3;;(H3,1,2,3,4)/q;+2;/p-2/t14-,15+,17-,20-,21-;;/m0../s1. The molecule has 0 radical (unpaired) electrons. The molecular weight excluding hydrogens is 481 g/mol. The second-order valence-electron chi connectivity index (χ2n) is 8.55. The molecule has 1 fully saturated rings. The fourth-order valence-corrected chi connectivity index (χ4v) is 5.74. The maximum absolute atomic E-state index is 11.7. The van der Waals surface area contributed by atoms with Crippen LogP contribution in [0.3, 0.4) is 0 Å². The summed E-state index contributed by atoms with van der Waals surface area (Å²) in [4.78, 5) is 50.0. The van der Waals surface area contributed by atoms with Gasteiger partial charge in [-0.25, -0.2) is 0 Å². The Morgan fingerprint density at radius 2 is 1.91 bits per heavy atom. The summed E-state index contributed by atoms with van der Waals surface area (Å²) in [6.45, 7) is 3.77. The molecule has 1 spiro atoms. The van der Waals surface area contributed by atoms with E-state index in [1.807, 2.05) is 12.1 Å².